The molecule has 0 radical (unpaired) electrons. The van der Waals surface area contributed by atoms with Crippen LogP contribution in [0.3, 0.4) is 0 Å². The number of benzene rings is 1. The number of fused-ring (bicyclic) bond motifs is 1. The van der Waals surface area contributed by atoms with Crippen molar-refractivity contribution in [2.45, 2.75) is 54.1 Å². The van der Waals surface area contributed by atoms with Crippen molar-refractivity contribution in [3.63, 3.8) is 0 Å². The molecule has 3 aromatic rings. The van der Waals surface area contributed by atoms with Crippen molar-refractivity contribution >= 4 is 37.0 Å². The molecule has 0 unspecified atom stereocenters. The lowest BCUT2D eigenvalue weighted by Crippen LogP contribution is -2.39. The highest BCUT2D eigenvalue weighted by Gasteiger charge is 2.31. The second kappa shape index (κ2) is 8.96. The number of nitrogens with one attached hydrogen (secondary N) is 1. The number of carboxylic acid groups (broad SMARTS) is 1. The van der Waals surface area contributed by atoms with Gasteiger partial charge >= 0.3 is 11.7 Å². The number of carboxylic acids is 1. The Hall–Kier alpha value is -3.03. The standard InChI is InChI=1S/C21H24N4O7S2/c1-33(29,30)17-6-2-3-7-18(17)34(31,32)23-14-8-10-15(11-9-14)25-20-16(5-4-12-22-20)24(21(25)28)13-19(26)27/h2-7,12,14-15,23H,8-11,13H2,1H3,(H,26,27). The van der Waals surface area contributed by atoms with E-state index in [1.165, 1.54) is 39.6 Å². The molecule has 1 saturated carbocycles. The lowest BCUT2D eigenvalue weighted by molar-refractivity contribution is -0.137. The van der Waals surface area contributed by atoms with Gasteiger partial charge in [0.1, 0.15) is 11.4 Å². The highest BCUT2D eigenvalue weighted by molar-refractivity contribution is 7.93. The van der Waals surface area contributed by atoms with Crippen LogP contribution in [0.1, 0.15) is 31.7 Å². The van der Waals surface area contributed by atoms with Crippen LogP contribution in [0.2, 0.25) is 0 Å². The summed E-state index contributed by atoms with van der Waals surface area (Å²) in [5.41, 5.74) is 0.345. The normalized spacial score (nSPS) is 19.3. The Morgan fingerprint density at radius 2 is 1.71 bits per heavy atom. The van der Waals surface area contributed by atoms with Crippen LogP contribution in [0.5, 0.6) is 0 Å². The van der Waals surface area contributed by atoms with Crippen molar-refractivity contribution < 1.29 is 26.7 Å². The van der Waals surface area contributed by atoms with Crippen LogP contribution in [0, 0.1) is 0 Å². The van der Waals surface area contributed by atoms with E-state index in [1.807, 2.05) is 0 Å². The molecule has 1 fully saturated rings. The topological polar surface area (TPSA) is 157 Å². The number of hydrogen-bond acceptors (Lipinski definition) is 7. The van der Waals surface area contributed by atoms with Crippen LogP contribution in [0.4, 0.5) is 0 Å². The van der Waals surface area contributed by atoms with Crippen LogP contribution < -0.4 is 10.4 Å². The Labute approximate surface area is 196 Å². The molecule has 0 saturated heterocycles. The van der Waals surface area contributed by atoms with E-state index < -0.39 is 44.1 Å². The van der Waals surface area contributed by atoms with Gasteiger partial charge in [-0.15, -0.1) is 0 Å². The highest BCUT2D eigenvalue weighted by atomic mass is 32.2. The number of hydrogen-bond donors (Lipinski definition) is 2. The summed E-state index contributed by atoms with van der Waals surface area (Å²) in [5, 5.41) is 9.18. The van der Waals surface area contributed by atoms with Gasteiger partial charge in [0.15, 0.2) is 15.5 Å². The zero-order chi connectivity index (χ0) is 24.7. The predicted molar refractivity (Wildman–Crippen MR) is 123 cm³/mol. The second-order valence-electron chi connectivity index (χ2n) is 8.32. The largest absolute Gasteiger partial charge is 0.480 e. The third kappa shape index (κ3) is 4.63. The summed E-state index contributed by atoms with van der Waals surface area (Å²) < 4.78 is 55.2. The van der Waals surface area contributed by atoms with Crippen molar-refractivity contribution in [2.75, 3.05) is 6.26 Å². The van der Waals surface area contributed by atoms with E-state index in [-0.39, 0.29) is 15.8 Å². The molecule has 1 aromatic carbocycles. The minimum atomic E-state index is -4.09. The number of sulfone groups is 1. The Morgan fingerprint density at radius 3 is 2.32 bits per heavy atom. The molecular formula is C21H24N4O7S2. The molecule has 1 aliphatic rings. The molecule has 2 heterocycles. The number of carbonyl (C=O) groups is 1. The molecule has 0 amide bonds. The number of aromatic nitrogens is 3. The quantitative estimate of drug-likeness (QED) is 0.481. The molecule has 2 aromatic heterocycles. The SMILES string of the molecule is CS(=O)(=O)c1ccccc1S(=O)(=O)NC1CCC(n2c(=O)n(CC(=O)O)c3cccnc32)CC1. The van der Waals surface area contributed by atoms with Crippen LogP contribution >= 0.6 is 0 Å². The van der Waals surface area contributed by atoms with E-state index in [2.05, 4.69) is 9.71 Å². The molecule has 0 bridgehead atoms. The Morgan fingerprint density at radius 1 is 1.06 bits per heavy atom. The summed E-state index contributed by atoms with van der Waals surface area (Å²) >= 11 is 0. The van der Waals surface area contributed by atoms with Crippen molar-refractivity contribution in [3.8, 4) is 0 Å². The Balaban J connectivity index is 1.55. The summed E-state index contributed by atoms with van der Waals surface area (Å²) in [6, 6.07) is 8.00. The van der Waals surface area contributed by atoms with Crippen LogP contribution in [-0.4, -0.2) is 54.3 Å². The minimum Gasteiger partial charge on any atom is -0.480 e. The van der Waals surface area contributed by atoms with Crippen molar-refractivity contribution in [1.82, 2.24) is 18.8 Å². The fourth-order valence-corrected chi connectivity index (χ4v) is 7.37. The van der Waals surface area contributed by atoms with Gasteiger partial charge in [0.2, 0.25) is 10.0 Å². The molecule has 182 valence electrons. The maximum atomic E-state index is 13.0. The predicted octanol–water partition coefficient (Wildman–Crippen LogP) is 1.15. The van der Waals surface area contributed by atoms with Gasteiger partial charge in [-0.05, 0) is 49.9 Å². The molecule has 0 spiro atoms. The average Bonchev–Trinajstić information content (AvgIpc) is 3.05. The number of rotatable bonds is 7. The van der Waals surface area contributed by atoms with Crippen molar-refractivity contribution in [2.24, 2.45) is 0 Å². The highest BCUT2D eigenvalue weighted by Crippen LogP contribution is 2.31. The van der Waals surface area contributed by atoms with Crippen LogP contribution in [-0.2, 0) is 31.2 Å². The third-order valence-electron chi connectivity index (χ3n) is 5.94. The first kappa shape index (κ1) is 24.1. The molecule has 4 rings (SSSR count). The number of nitrogens with zero attached hydrogens (tertiary/aromatic N) is 3. The first-order valence-corrected chi connectivity index (χ1v) is 14.0. The number of imidazole rings is 1. The monoisotopic (exact) mass is 508 g/mol. The fraction of sp³-hybridized carbons (Fsp3) is 0.381. The molecule has 0 aliphatic heterocycles. The van der Waals surface area contributed by atoms with Gasteiger partial charge in [-0.25, -0.2) is 31.3 Å². The molecule has 0 atom stereocenters. The number of pyridine rings is 1. The average molecular weight is 509 g/mol. The van der Waals surface area contributed by atoms with Gasteiger partial charge in [0.25, 0.3) is 0 Å². The zero-order valence-electron chi connectivity index (χ0n) is 18.3. The van der Waals surface area contributed by atoms with Crippen LogP contribution in [0.25, 0.3) is 11.2 Å². The molecule has 34 heavy (non-hydrogen) atoms. The maximum absolute atomic E-state index is 13.0. The molecule has 13 heteroatoms. The van der Waals surface area contributed by atoms with Gasteiger partial charge < -0.3 is 5.11 Å². The van der Waals surface area contributed by atoms with E-state index in [0.29, 0.717) is 36.8 Å². The van der Waals surface area contributed by atoms with Crippen molar-refractivity contribution in [1.29, 1.82) is 0 Å². The molecule has 1 aliphatic carbocycles. The van der Waals surface area contributed by atoms with Gasteiger partial charge in [0, 0.05) is 24.5 Å². The van der Waals surface area contributed by atoms with E-state index in [4.69, 9.17) is 0 Å². The summed E-state index contributed by atoms with van der Waals surface area (Å²) in [7, 11) is -7.83. The molecular weight excluding hydrogens is 484 g/mol. The van der Waals surface area contributed by atoms with E-state index in [0.717, 1.165) is 6.26 Å². The molecule has 2 N–H and O–H groups in total. The zero-order valence-corrected chi connectivity index (χ0v) is 19.9. The minimum absolute atomic E-state index is 0.264. The lowest BCUT2D eigenvalue weighted by atomic mass is 9.91. The van der Waals surface area contributed by atoms with E-state index >= 15 is 0 Å². The first-order valence-electron chi connectivity index (χ1n) is 10.6. The maximum Gasteiger partial charge on any atom is 0.331 e. The fourth-order valence-electron chi connectivity index (χ4n) is 4.44. The number of sulfonamides is 1. The van der Waals surface area contributed by atoms with Gasteiger partial charge in [-0.1, -0.05) is 12.1 Å². The van der Waals surface area contributed by atoms with Gasteiger partial charge in [-0.2, -0.15) is 0 Å². The Kier molecular flexibility index (Phi) is 6.36. The summed E-state index contributed by atoms with van der Waals surface area (Å²) in [6.45, 7) is -0.483. The second-order valence-corrected chi connectivity index (χ2v) is 12.0. The van der Waals surface area contributed by atoms with Gasteiger partial charge in [-0.3, -0.25) is 13.9 Å². The van der Waals surface area contributed by atoms with E-state index in [9.17, 15) is 31.5 Å². The third-order valence-corrected chi connectivity index (χ3v) is 8.80. The smallest absolute Gasteiger partial charge is 0.331 e. The van der Waals surface area contributed by atoms with Crippen molar-refractivity contribution in [3.05, 3.63) is 53.1 Å². The number of aliphatic carboxylic acids is 1. The summed E-state index contributed by atoms with van der Waals surface area (Å²) in [4.78, 5) is 28.0. The molecule has 11 nitrogen and oxygen atoms in total. The summed E-state index contributed by atoms with van der Waals surface area (Å²) in [5.74, 6) is -1.14. The first-order chi connectivity index (χ1) is 16.0. The van der Waals surface area contributed by atoms with Gasteiger partial charge in [0.05, 0.1) is 10.4 Å². The lowest BCUT2D eigenvalue weighted by Gasteiger charge is -2.29. The summed E-state index contributed by atoms with van der Waals surface area (Å²) in [6.07, 6.45) is 4.24. The van der Waals surface area contributed by atoms with E-state index in [1.54, 1.807) is 12.1 Å². The Bertz CT molecular complexity index is 1520. The van der Waals surface area contributed by atoms with Crippen LogP contribution in [0.15, 0.2) is 57.2 Å².